The van der Waals surface area contributed by atoms with Crippen LogP contribution in [0.2, 0.25) is 5.02 Å². The fraction of sp³-hybridized carbons (Fsp3) is 0.0625. The number of ether oxygens (including phenoxy) is 2. The van der Waals surface area contributed by atoms with Crippen molar-refractivity contribution < 1.29 is 18.7 Å². The molecular weight excluding hydrogens is 322 g/mol. The van der Waals surface area contributed by atoms with Gasteiger partial charge in [-0.2, -0.15) is 0 Å². The highest BCUT2D eigenvalue weighted by Gasteiger charge is 2.17. The van der Waals surface area contributed by atoms with Crippen molar-refractivity contribution in [3.8, 4) is 11.6 Å². The van der Waals surface area contributed by atoms with Crippen LogP contribution in [-0.4, -0.2) is 18.1 Å². The molecule has 1 aromatic carbocycles. The average Bonchev–Trinajstić information content (AvgIpc) is 2.55. The summed E-state index contributed by atoms with van der Waals surface area (Å²) in [5.41, 5.74) is -0.709. The fourth-order valence-corrected chi connectivity index (χ4v) is 2.05. The Bertz CT molecular complexity index is 933. The lowest BCUT2D eigenvalue weighted by Crippen LogP contribution is -2.19. The molecule has 0 spiro atoms. The molecule has 0 aliphatic rings. The molecule has 0 bridgehead atoms. The number of pyridine rings is 1. The Kier molecular flexibility index (Phi) is 3.99. The summed E-state index contributed by atoms with van der Waals surface area (Å²) >= 11 is 5.70. The van der Waals surface area contributed by atoms with Gasteiger partial charge in [0.05, 0.1) is 12.1 Å². The number of rotatable bonds is 3. The van der Waals surface area contributed by atoms with E-state index in [2.05, 4.69) is 4.98 Å². The molecule has 0 saturated heterocycles. The first kappa shape index (κ1) is 15.1. The highest BCUT2D eigenvalue weighted by atomic mass is 35.5. The summed E-state index contributed by atoms with van der Waals surface area (Å²) < 4.78 is 15.2. The van der Waals surface area contributed by atoms with Gasteiger partial charge in [0, 0.05) is 23.7 Å². The molecule has 2 heterocycles. The quantitative estimate of drug-likeness (QED) is 0.542. The largest absolute Gasteiger partial charge is 0.497 e. The third-order valence-electron chi connectivity index (χ3n) is 3.06. The van der Waals surface area contributed by atoms with Gasteiger partial charge in [-0.15, -0.1) is 0 Å². The second-order valence-corrected chi connectivity index (χ2v) is 4.99. The summed E-state index contributed by atoms with van der Waals surface area (Å²) in [7, 11) is 1.50. The van der Waals surface area contributed by atoms with Crippen molar-refractivity contribution in [3.05, 3.63) is 63.6 Å². The van der Waals surface area contributed by atoms with Gasteiger partial charge >= 0.3 is 11.6 Å². The van der Waals surface area contributed by atoms with Crippen molar-refractivity contribution in [3.63, 3.8) is 0 Å². The van der Waals surface area contributed by atoms with Gasteiger partial charge < -0.3 is 13.9 Å². The Morgan fingerprint density at radius 3 is 2.74 bits per heavy atom. The van der Waals surface area contributed by atoms with Crippen LogP contribution in [0, 0.1) is 0 Å². The number of benzene rings is 1. The van der Waals surface area contributed by atoms with Gasteiger partial charge in [0.25, 0.3) is 0 Å². The molecule has 0 amide bonds. The first-order valence-electron chi connectivity index (χ1n) is 6.52. The Morgan fingerprint density at radius 2 is 2.04 bits per heavy atom. The molecule has 0 fully saturated rings. The van der Waals surface area contributed by atoms with Gasteiger partial charge in [-0.3, -0.25) is 0 Å². The first-order valence-corrected chi connectivity index (χ1v) is 6.90. The maximum absolute atomic E-state index is 12.1. The van der Waals surface area contributed by atoms with Crippen molar-refractivity contribution in [2.45, 2.75) is 0 Å². The first-order chi connectivity index (χ1) is 11.1. The molecule has 0 aliphatic carbocycles. The summed E-state index contributed by atoms with van der Waals surface area (Å²) in [5, 5.41) is 0.977. The molecule has 6 nitrogen and oxygen atoms in total. The van der Waals surface area contributed by atoms with Crippen molar-refractivity contribution in [2.24, 2.45) is 0 Å². The van der Waals surface area contributed by atoms with E-state index in [1.165, 1.54) is 31.5 Å². The van der Waals surface area contributed by atoms with Gasteiger partial charge in [-0.1, -0.05) is 11.6 Å². The number of carbonyl (C=O) groups excluding carboxylic acids is 1. The third-order valence-corrected chi connectivity index (χ3v) is 3.28. The molecule has 0 radical (unpaired) electrons. The smallest absolute Gasteiger partial charge is 0.352 e. The number of methoxy groups -OCH3 is 1. The monoisotopic (exact) mass is 331 g/mol. The zero-order valence-electron chi connectivity index (χ0n) is 11.9. The minimum absolute atomic E-state index is 0.0358. The summed E-state index contributed by atoms with van der Waals surface area (Å²) in [4.78, 5) is 27.9. The van der Waals surface area contributed by atoms with E-state index in [0.29, 0.717) is 21.7 Å². The van der Waals surface area contributed by atoms with E-state index in [-0.39, 0.29) is 11.4 Å². The van der Waals surface area contributed by atoms with Crippen LogP contribution >= 0.6 is 11.6 Å². The minimum atomic E-state index is -0.855. The standard InChI is InChI=1S/C16H10ClNO5/c1-21-11-4-2-9-6-12(15(19)22-13(9)7-11)16(20)23-14-5-3-10(17)8-18-14/h2-8H,1H3. The lowest BCUT2D eigenvalue weighted by Gasteiger charge is -2.04. The van der Waals surface area contributed by atoms with Crippen LogP contribution in [0.1, 0.15) is 10.4 Å². The topological polar surface area (TPSA) is 78.6 Å². The SMILES string of the molecule is COc1ccc2cc(C(=O)Oc3ccc(Cl)cn3)c(=O)oc2c1. The molecule has 3 rings (SSSR count). The van der Waals surface area contributed by atoms with Gasteiger partial charge in [0.1, 0.15) is 16.9 Å². The zero-order valence-corrected chi connectivity index (χ0v) is 12.7. The number of aromatic nitrogens is 1. The van der Waals surface area contributed by atoms with Gasteiger partial charge in [0.15, 0.2) is 0 Å². The Labute approximate surface area is 135 Å². The normalized spacial score (nSPS) is 10.5. The molecule has 7 heteroatoms. The predicted molar refractivity (Wildman–Crippen MR) is 83.2 cm³/mol. The highest BCUT2D eigenvalue weighted by Crippen LogP contribution is 2.20. The van der Waals surface area contributed by atoms with E-state index in [4.69, 9.17) is 25.5 Å². The van der Waals surface area contributed by atoms with Crippen molar-refractivity contribution in [2.75, 3.05) is 7.11 Å². The highest BCUT2D eigenvalue weighted by molar-refractivity contribution is 6.30. The molecule has 3 aromatic rings. The van der Waals surface area contributed by atoms with Gasteiger partial charge in [0.2, 0.25) is 5.88 Å². The van der Waals surface area contributed by atoms with Crippen LogP contribution in [0.3, 0.4) is 0 Å². The van der Waals surface area contributed by atoms with Crippen LogP contribution < -0.4 is 15.1 Å². The fourth-order valence-electron chi connectivity index (χ4n) is 1.93. The number of nitrogens with zero attached hydrogens (tertiary/aromatic N) is 1. The van der Waals surface area contributed by atoms with Crippen molar-refractivity contribution in [1.29, 1.82) is 0 Å². The molecule has 0 N–H and O–H groups in total. The van der Waals surface area contributed by atoms with Crippen LogP contribution in [0.5, 0.6) is 11.6 Å². The van der Waals surface area contributed by atoms with Crippen LogP contribution in [-0.2, 0) is 0 Å². The van der Waals surface area contributed by atoms with E-state index in [1.54, 1.807) is 18.2 Å². The lowest BCUT2D eigenvalue weighted by molar-refractivity contribution is 0.0723. The maximum Gasteiger partial charge on any atom is 0.352 e. The van der Waals surface area contributed by atoms with E-state index < -0.39 is 11.6 Å². The lowest BCUT2D eigenvalue weighted by atomic mass is 10.2. The Balaban J connectivity index is 1.95. The Hall–Kier alpha value is -2.86. The second kappa shape index (κ2) is 6.10. The van der Waals surface area contributed by atoms with Gasteiger partial charge in [-0.05, 0) is 24.3 Å². The van der Waals surface area contributed by atoms with E-state index in [1.807, 2.05) is 0 Å². The predicted octanol–water partition coefficient (Wildman–Crippen LogP) is 3.07. The molecule has 0 saturated carbocycles. The van der Waals surface area contributed by atoms with Crippen molar-refractivity contribution in [1.82, 2.24) is 4.98 Å². The molecule has 0 atom stereocenters. The number of fused-ring (bicyclic) bond motifs is 1. The summed E-state index contributed by atoms with van der Waals surface area (Å²) in [6.45, 7) is 0. The minimum Gasteiger partial charge on any atom is -0.497 e. The molecule has 116 valence electrons. The number of carbonyl (C=O) groups is 1. The zero-order chi connectivity index (χ0) is 16.4. The number of esters is 1. The second-order valence-electron chi connectivity index (χ2n) is 4.56. The molecule has 0 unspecified atom stereocenters. The molecular formula is C16H10ClNO5. The van der Waals surface area contributed by atoms with Crippen LogP contribution in [0.25, 0.3) is 11.0 Å². The maximum atomic E-state index is 12.1. The Morgan fingerprint density at radius 1 is 1.22 bits per heavy atom. The molecule has 0 aliphatic heterocycles. The molecule has 23 heavy (non-hydrogen) atoms. The number of halogens is 1. The van der Waals surface area contributed by atoms with Crippen molar-refractivity contribution >= 4 is 28.5 Å². The summed E-state index contributed by atoms with van der Waals surface area (Å²) in [6.07, 6.45) is 1.33. The number of hydrogen-bond donors (Lipinski definition) is 0. The van der Waals surface area contributed by atoms with Crippen LogP contribution in [0.15, 0.2) is 51.8 Å². The average molecular weight is 332 g/mol. The van der Waals surface area contributed by atoms with Crippen LogP contribution in [0.4, 0.5) is 0 Å². The van der Waals surface area contributed by atoms with E-state index in [0.717, 1.165) is 0 Å². The van der Waals surface area contributed by atoms with E-state index >= 15 is 0 Å². The third kappa shape index (κ3) is 3.17. The van der Waals surface area contributed by atoms with Gasteiger partial charge in [-0.25, -0.2) is 14.6 Å². The number of hydrogen-bond acceptors (Lipinski definition) is 6. The summed E-state index contributed by atoms with van der Waals surface area (Å²) in [6, 6.07) is 9.28. The molecule has 2 aromatic heterocycles. The summed E-state index contributed by atoms with van der Waals surface area (Å²) in [5.74, 6) is -0.277. The van der Waals surface area contributed by atoms with E-state index in [9.17, 15) is 9.59 Å².